The third-order valence-corrected chi connectivity index (χ3v) is 5.13. The summed E-state index contributed by atoms with van der Waals surface area (Å²) >= 11 is 0. The molecule has 1 fully saturated rings. The molecule has 1 aliphatic rings. The minimum absolute atomic E-state index is 0.282. The van der Waals surface area contributed by atoms with Crippen LogP contribution < -0.4 is 15.2 Å². The SMILES string of the molecule is COCCOCC(CN1CCCCC1C(N)=O)Oc1cnc2ccc(OC)cc2n1. The molecule has 2 unspecified atom stereocenters. The Bertz CT molecular complexity index is 834. The molecule has 9 heteroatoms. The van der Waals surface area contributed by atoms with Gasteiger partial charge in [0, 0.05) is 19.7 Å². The van der Waals surface area contributed by atoms with Crippen LogP contribution in [0, 0.1) is 0 Å². The van der Waals surface area contributed by atoms with Crippen molar-refractivity contribution in [2.75, 3.05) is 47.1 Å². The third-order valence-electron chi connectivity index (χ3n) is 5.13. The van der Waals surface area contributed by atoms with Crippen molar-refractivity contribution in [3.63, 3.8) is 0 Å². The molecule has 1 aromatic carbocycles. The molecule has 1 aliphatic heterocycles. The first-order valence-corrected chi connectivity index (χ1v) is 10.2. The number of benzene rings is 1. The molecule has 164 valence electrons. The monoisotopic (exact) mass is 418 g/mol. The highest BCUT2D eigenvalue weighted by Crippen LogP contribution is 2.21. The third kappa shape index (κ3) is 6.01. The van der Waals surface area contributed by atoms with Crippen LogP contribution in [0.3, 0.4) is 0 Å². The maximum Gasteiger partial charge on any atom is 0.234 e. The fourth-order valence-electron chi connectivity index (χ4n) is 3.60. The molecular formula is C21H30N4O5. The molecular weight excluding hydrogens is 388 g/mol. The van der Waals surface area contributed by atoms with E-state index < -0.39 is 0 Å². The van der Waals surface area contributed by atoms with E-state index in [4.69, 9.17) is 24.7 Å². The highest BCUT2D eigenvalue weighted by molar-refractivity contribution is 5.80. The van der Waals surface area contributed by atoms with E-state index >= 15 is 0 Å². The minimum Gasteiger partial charge on any atom is -0.497 e. The quantitative estimate of drug-likeness (QED) is 0.545. The molecule has 2 atom stereocenters. The number of carbonyl (C=O) groups excluding carboxylic acids is 1. The molecule has 0 radical (unpaired) electrons. The van der Waals surface area contributed by atoms with Gasteiger partial charge in [-0.15, -0.1) is 0 Å². The molecule has 0 aliphatic carbocycles. The number of piperidine rings is 1. The predicted octanol–water partition coefficient (Wildman–Crippen LogP) is 1.39. The molecule has 1 saturated heterocycles. The second-order valence-electron chi connectivity index (χ2n) is 7.28. The summed E-state index contributed by atoms with van der Waals surface area (Å²) in [4.78, 5) is 22.9. The summed E-state index contributed by atoms with van der Waals surface area (Å²) < 4.78 is 22.1. The molecule has 9 nitrogen and oxygen atoms in total. The molecule has 1 aromatic heterocycles. The normalized spacial score (nSPS) is 18.3. The van der Waals surface area contributed by atoms with Gasteiger partial charge >= 0.3 is 0 Å². The van der Waals surface area contributed by atoms with Crippen molar-refractivity contribution in [2.45, 2.75) is 31.4 Å². The Balaban J connectivity index is 1.74. The van der Waals surface area contributed by atoms with Crippen molar-refractivity contribution in [1.29, 1.82) is 0 Å². The molecule has 1 amide bonds. The van der Waals surface area contributed by atoms with E-state index in [1.54, 1.807) is 20.4 Å². The maximum absolute atomic E-state index is 11.9. The summed E-state index contributed by atoms with van der Waals surface area (Å²) in [5, 5.41) is 0. The van der Waals surface area contributed by atoms with E-state index in [0.717, 1.165) is 31.3 Å². The topological polar surface area (TPSA) is 109 Å². The zero-order chi connectivity index (χ0) is 21.3. The maximum atomic E-state index is 11.9. The number of nitrogens with two attached hydrogens (primary N) is 1. The van der Waals surface area contributed by atoms with Crippen LogP contribution in [0.4, 0.5) is 0 Å². The smallest absolute Gasteiger partial charge is 0.234 e. The number of hydrogen-bond donors (Lipinski definition) is 1. The number of fused-ring (bicyclic) bond motifs is 1. The van der Waals surface area contributed by atoms with Crippen LogP contribution in [0.15, 0.2) is 24.4 Å². The number of carbonyl (C=O) groups is 1. The number of likely N-dealkylation sites (tertiary alicyclic amines) is 1. The standard InChI is InChI=1S/C21H30N4O5/c1-27-9-10-29-14-16(13-25-8-4-3-5-19(25)21(22)26)30-20-12-23-17-7-6-15(28-2)11-18(17)24-20/h6-7,11-12,16,19H,3-5,8-10,13-14H2,1-2H3,(H2,22,26). The van der Waals surface area contributed by atoms with Crippen LogP contribution in [-0.2, 0) is 14.3 Å². The van der Waals surface area contributed by atoms with Crippen molar-refractivity contribution >= 4 is 16.9 Å². The lowest BCUT2D eigenvalue weighted by molar-refractivity contribution is -0.125. The lowest BCUT2D eigenvalue weighted by Crippen LogP contribution is -2.51. The Morgan fingerprint density at radius 1 is 1.27 bits per heavy atom. The van der Waals surface area contributed by atoms with Gasteiger partial charge in [0.05, 0.1) is 50.2 Å². The van der Waals surface area contributed by atoms with Crippen LogP contribution in [0.1, 0.15) is 19.3 Å². The lowest BCUT2D eigenvalue weighted by atomic mass is 10.0. The number of amides is 1. The number of methoxy groups -OCH3 is 2. The van der Waals surface area contributed by atoms with Gasteiger partial charge in [-0.05, 0) is 31.5 Å². The highest BCUT2D eigenvalue weighted by Gasteiger charge is 2.29. The fourth-order valence-corrected chi connectivity index (χ4v) is 3.60. The predicted molar refractivity (Wildman–Crippen MR) is 112 cm³/mol. The van der Waals surface area contributed by atoms with Gasteiger partial charge in [0.1, 0.15) is 11.9 Å². The van der Waals surface area contributed by atoms with Gasteiger partial charge in [-0.3, -0.25) is 9.69 Å². The van der Waals surface area contributed by atoms with Gasteiger partial charge in [0.25, 0.3) is 0 Å². The Morgan fingerprint density at radius 3 is 2.90 bits per heavy atom. The van der Waals surface area contributed by atoms with Gasteiger partial charge in [-0.2, -0.15) is 0 Å². The second-order valence-corrected chi connectivity index (χ2v) is 7.28. The van der Waals surface area contributed by atoms with Crippen LogP contribution in [0.2, 0.25) is 0 Å². The summed E-state index contributed by atoms with van der Waals surface area (Å²) in [5.74, 6) is 0.793. The summed E-state index contributed by atoms with van der Waals surface area (Å²) in [5.41, 5.74) is 7.04. The van der Waals surface area contributed by atoms with Crippen LogP contribution in [0.25, 0.3) is 11.0 Å². The molecule has 2 heterocycles. The highest BCUT2D eigenvalue weighted by atomic mass is 16.5. The van der Waals surface area contributed by atoms with E-state index in [1.807, 2.05) is 18.2 Å². The summed E-state index contributed by atoms with van der Waals surface area (Å²) in [7, 11) is 3.23. The number of nitrogens with zero attached hydrogens (tertiary/aromatic N) is 3. The first kappa shape index (κ1) is 22.2. The molecule has 0 saturated carbocycles. The summed E-state index contributed by atoms with van der Waals surface area (Å²) in [6.07, 6.45) is 4.05. The zero-order valence-corrected chi connectivity index (χ0v) is 17.6. The largest absolute Gasteiger partial charge is 0.497 e. The number of primary amides is 1. The molecule has 2 aromatic rings. The van der Waals surface area contributed by atoms with Crippen LogP contribution in [0.5, 0.6) is 11.6 Å². The van der Waals surface area contributed by atoms with E-state index in [9.17, 15) is 4.79 Å². The van der Waals surface area contributed by atoms with Gasteiger partial charge < -0.3 is 24.7 Å². The van der Waals surface area contributed by atoms with E-state index in [2.05, 4.69) is 14.9 Å². The Hall–Kier alpha value is -2.49. The van der Waals surface area contributed by atoms with E-state index in [0.29, 0.717) is 43.5 Å². The Labute approximate surface area is 176 Å². The second kappa shape index (κ2) is 11.1. The van der Waals surface area contributed by atoms with Gasteiger partial charge in [0.2, 0.25) is 11.8 Å². The van der Waals surface area contributed by atoms with Crippen molar-refractivity contribution in [3.8, 4) is 11.6 Å². The summed E-state index contributed by atoms with van der Waals surface area (Å²) in [6.45, 7) is 2.60. The van der Waals surface area contributed by atoms with E-state index in [-0.39, 0.29) is 18.1 Å². The molecule has 0 bridgehead atoms. The average Bonchev–Trinajstić information content (AvgIpc) is 2.76. The number of hydrogen-bond acceptors (Lipinski definition) is 8. The fraction of sp³-hybridized carbons (Fsp3) is 0.571. The molecule has 0 spiro atoms. The van der Waals surface area contributed by atoms with Crippen LogP contribution in [-0.4, -0.2) is 80.1 Å². The number of rotatable bonds is 11. The van der Waals surface area contributed by atoms with Gasteiger partial charge in [-0.1, -0.05) is 6.42 Å². The average molecular weight is 418 g/mol. The Kier molecular flexibility index (Phi) is 8.18. The van der Waals surface area contributed by atoms with Crippen molar-refractivity contribution in [3.05, 3.63) is 24.4 Å². The lowest BCUT2D eigenvalue weighted by Gasteiger charge is -2.35. The first-order chi connectivity index (χ1) is 14.6. The zero-order valence-electron chi connectivity index (χ0n) is 17.6. The van der Waals surface area contributed by atoms with Crippen molar-refractivity contribution < 1.29 is 23.7 Å². The minimum atomic E-state index is -0.334. The number of ether oxygens (including phenoxy) is 4. The molecule has 3 rings (SSSR count). The van der Waals surface area contributed by atoms with E-state index in [1.165, 1.54) is 0 Å². The van der Waals surface area contributed by atoms with Crippen molar-refractivity contribution in [2.24, 2.45) is 5.73 Å². The Morgan fingerprint density at radius 2 is 2.13 bits per heavy atom. The first-order valence-electron chi connectivity index (χ1n) is 10.2. The number of aromatic nitrogens is 2. The van der Waals surface area contributed by atoms with Gasteiger partial charge in [0.15, 0.2) is 0 Å². The van der Waals surface area contributed by atoms with Crippen molar-refractivity contribution in [1.82, 2.24) is 14.9 Å². The van der Waals surface area contributed by atoms with Crippen LogP contribution >= 0.6 is 0 Å². The molecule has 2 N–H and O–H groups in total. The van der Waals surface area contributed by atoms with Gasteiger partial charge in [-0.25, -0.2) is 9.97 Å². The molecule has 30 heavy (non-hydrogen) atoms. The summed E-state index contributed by atoms with van der Waals surface area (Å²) in [6, 6.07) is 5.22.